The highest BCUT2D eigenvalue weighted by Gasteiger charge is 2.38. The van der Waals surface area contributed by atoms with Crippen molar-refractivity contribution >= 4 is 5.91 Å². The second-order valence-electron chi connectivity index (χ2n) is 5.35. The minimum atomic E-state index is -0.215. The molecule has 1 saturated heterocycles. The van der Waals surface area contributed by atoms with Crippen molar-refractivity contribution in [1.29, 1.82) is 0 Å². The first-order chi connectivity index (χ1) is 5.84. The summed E-state index contributed by atoms with van der Waals surface area (Å²) in [5.41, 5.74) is -0.215. The van der Waals surface area contributed by atoms with Crippen LogP contribution in [0.1, 0.15) is 41.0 Å². The van der Waals surface area contributed by atoms with Gasteiger partial charge in [0.15, 0.2) is 0 Å². The van der Waals surface area contributed by atoms with Crippen LogP contribution in [0.2, 0.25) is 0 Å². The van der Waals surface area contributed by atoms with E-state index in [1.54, 1.807) is 0 Å². The molecule has 1 amide bonds. The lowest BCUT2D eigenvalue weighted by atomic mass is 9.86. The monoisotopic (exact) mass is 183 g/mol. The van der Waals surface area contributed by atoms with Crippen LogP contribution in [0.4, 0.5) is 0 Å². The van der Waals surface area contributed by atoms with Crippen molar-refractivity contribution < 1.29 is 4.79 Å². The number of hydrogen-bond acceptors (Lipinski definition) is 1. The molecule has 0 bridgehead atoms. The molecule has 13 heavy (non-hydrogen) atoms. The summed E-state index contributed by atoms with van der Waals surface area (Å²) in [4.78, 5) is 13.9. The second kappa shape index (κ2) is 3.32. The molecule has 0 aromatic heterocycles. The van der Waals surface area contributed by atoms with Crippen LogP contribution in [0, 0.1) is 11.3 Å². The van der Waals surface area contributed by atoms with Gasteiger partial charge in [0.1, 0.15) is 0 Å². The van der Waals surface area contributed by atoms with Gasteiger partial charge in [-0.05, 0) is 12.3 Å². The Morgan fingerprint density at radius 2 is 1.92 bits per heavy atom. The largest absolute Gasteiger partial charge is 0.339 e. The topological polar surface area (TPSA) is 20.3 Å². The molecule has 1 heterocycles. The summed E-state index contributed by atoms with van der Waals surface area (Å²) in [5, 5.41) is 0. The Morgan fingerprint density at radius 3 is 2.15 bits per heavy atom. The summed E-state index contributed by atoms with van der Waals surface area (Å²) in [6, 6.07) is 0.492. The summed E-state index contributed by atoms with van der Waals surface area (Å²) >= 11 is 0. The predicted molar refractivity (Wildman–Crippen MR) is 54.4 cm³/mol. The molecule has 1 unspecified atom stereocenters. The molecule has 0 spiro atoms. The third-order valence-electron chi connectivity index (χ3n) is 2.74. The Balaban J connectivity index is 2.60. The van der Waals surface area contributed by atoms with Crippen LogP contribution in [0.5, 0.6) is 0 Å². The molecular weight excluding hydrogens is 162 g/mol. The van der Waals surface area contributed by atoms with Gasteiger partial charge >= 0.3 is 0 Å². The minimum Gasteiger partial charge on any atom is -0.339 e. The van der Waals surface area contributed by atoms with Gasteiger partial charge in [0.2, 0.25) is 5.91 Å². The van der Waals surface area contributed by atoms with E-state index in [0.717, 1.165) is 6.54 Å². The lowest BCUT2D eigenvalue weighted by molar-refractivity contribution is -0.149. The van der Waals surface area contributed by atoms with Gasteiger partial charge in [-0.25, -0.2) is 0 Å². The molecule has 0 aliphatic carbocycles. The van der Waals surface area contributed by atoms with Crippen LogP contribution < -0.4 is 0 Å². The highest BCUT2D eigenvalue weighted by atomic mass is 16.2. The fraction of sp³-hybridized carbons (Fsp3) is 0.909. The van der Waals surface area contributed by atoms with Crippen molar-refractivity contribution in [1.82, 2.24) is 4.90 Å². The van der Waals surface area contributed by atoms with Crippen LogP contribution >= 0.6 is 0 Å². The standard InChI is InChI=1S/C11H21NO/c1-8(2)9-6-7-12(9)10(13)11(3,4)5/h8-9H,6-7H2,1-5H3. The third kappa shape index (κ3) is 2.04. The van der Waals surface area contributed by atoms with E-state index in [9.17, 15) is 4.79 Å². The number of likely N-dealkylation sites (tertiary alicyclic amines) is 1. The van der Waals surface area contributed by atoms with Crippen LogP contribution in [0.25, 0.3) is 0 Å². The van der Waals surface area contributed by atoms with Gasteiger partial charge in [-0.3, -0.25) is 4.79 Å². The maximum atomic E-state index is 11.9. The van der Waals surface area contributed by atoms with Gasteiger partial charge < -0.3 is 4.90 Å². The molecule has 0 aromatic rings. The van der Waals surface area contributed by atoms with Crippen LogP contribution in [-0.4, -0.2) is 23.4 Å². The Morgan fingerprint density at radius 1 is 1.38 bits per heavy atom. The summed E-state index contributed by atoms with van der Waals surface area (Å²) in [6.45, 7) is 11.3. The molecule has 1 atom stereocenters. The van der Waals surface area contributed by atoms with Gasteiger partial charge in [0, 0.05) is 18.0 Å². The molecule has 2 nitrogen and oxygen atoms in total. The molecule has 0 radical (unpaired) electrons. The molecule has 0 N–H and O–H groups in total. The van der Waals surface area contributed by atoms with Gasteiger partial charge in [-0.2, -0.15) is 0 Å². The normalized spacial score (nSPS) is 23.2. The molecule has 76 valence electrons. The number of nitrogens with zero attached hydrogens (tertiary/aromatic N) is 1. The number of rotatable bonds is 1. The predicted octanol–water partition coefficient (Wildman–Crippen LogP) is 2.29. The molecule has 1 rings (SSSR count). The SMILES string of the molecule is CC(C)C1CCN1C(=O)C(C)(C)C. The smallest absolute Gasteiger partial charge is 0.228 e. The summed E-state index contributed by atoms with van der Waals surface area (Å²) in [7, 11) is 0. The average Bonchev–Trinajstić information content (AvgIpc) is 1.80. The van der Waals surface area contributed by atoms with Crippen molar-refractivity contribution in [2.24, 2.45) is 11.3 Å². The van der Waals surface area contributed by atoms with Gasteiger partial charge in [0.25, 0.3) is 0 Å². The van der Waals surface area contributed by atoms with Crippen molar-refractivity contribution in [3.8, 4) is 0 Å². The zero-order valence-electron chi connectivity index (χ0n) is 9.42. The Bertz CT molecular complexity index is 203. The number of amides is 1. The van der Waals surface area contributed by atoms with Crippen LogP contribution in [0.3, 0.4) is 0 Å². The van der Waals surface area contributed by atoms with Crippen molar-refractivity contribution in [3.05, 3.63) is 0 Å². The van der Waals surface area contributed by atoms with Crippen LogP contribution in [0.15, 0.2) is 0 Å². The molecular formula is C11H21NO. The van der Waals surface area contributed by atoms with E-state index in [4.69, 9.17) is 0 Å². The first kappa shape index (κ1) is 10.6. The number of hydrogen-bond donors (Lipinski definition) is 0. The summed E-state index contributed by atoms with van der Waals surface area (Å²) in [6.07, 6.45) is 1.18. The lowest BCUT2D eigenvalue weighted by Gasteiger charge is -2.46. The van der Waals surface area contributed by atoms with E-state index < -0.39 is 0 Å². The quantitative estimate of drug-likeness (QED) is 0.611. The van der Waals surface area contributed by atoms with Crippen molar-refractivity contribution in [2.45, 2.75) is 47.1 Å². The zero-order chi connectivity index (χ0) is 10.2. The van der Waals surface area contributed by atoms with E-state index in [-0.39, 0.29) is 5.41 Å². The van der Waals surface area contributed by atoms with Gasteiger partial charge in [-0.15, -0.1) is 0 Å². The number of carbonyl (C=O) groups is 1. The molecule has 1 aliphatic rings. The van der Waals surface area contributed by atoms with E-state index in [0.29, 0.717) is 17.9 Å². The molecule has 2 heteroatoms. The number of carbonyl (C=O) groups excluding carboxylic acids is 1. The summed E-state index contributed by atoms with van der Waals surface area (Å²) < 4.78 is 0. The van der Waals surface area contributed by atoms with Crippen molar-refractivity contribution in [3.63, 3.8) is 0 Å². The molecule has 0 aromatic carbocycles. The molecule has 1 aliphatic heterocycles. The highest BCUT2D eigenvalue weighted by Crippen LogP contribution is 2.29. The zero-order valence-corrected chi connectivity index (χ0v) is 9.42. The molecule has 0 saturated carbocycles. The average molecular weight is 183 g/mol. The van der Waals surface area contributed by atoms with E-state index in [2.05, 4.69) is 13.8 Å². The second-order valence-corrected chi connectivity index (χ2v) is 5.35. The first-order valence-corrected chi connectivity index (χ1v) is 5.15. The molecule has 1 fully saturated rings. The van der Waals surface area contributed by atoms with Crippen LogP contribution in [-0.2, 0) is 4.79 Å². The lowest BCUT2D eigenvalue weighted by Crippen LogP contribution is -2.56. The Hall–Kier alpha value is -0.530. The van der Waals surface area contributed by atoms with Crippen molar-refractivity contribution in [2.75, 3.05) is 6.54 Å². The Labute approximate surface area is 81.3 Å². The fourth-order valence-electron chi connectivity index (χ4n) is 1.78. The minimum absolute atomic E-state index is 0.215. The maximum Gasteiger partial charge on any atom is 0.228 e. The third-order valence-corrected chi connectivity index (χ3v) is 2.74. The first-order valence-electron chi connectivity index (χ1n) is 5.15. The Kier molecular flexibility index (Phi) is 2.69. The van der Waals surface area contributed by atoms with Gasteiger partial charge in [-0.1, -0.05) is 34.6 Å². The summed E-state index contributed by atoms with van der Waals surface area (Å²) in [5.74, 6) is 0.900. The van der Waals surface area contributed by atoms with Gasteiger partial charge in [0.05, 0.1) is 0 Å². The van der Waals surface area contributed by atoms with E-state index >= 15 is 0 Å². The fourth-order valence-corrected chi connectivity index (χ4v) is 1.78. The highest BCUT2D eigenvalue weighted by molar-refractivity contribution is 5.82. The maximum absolute atomic E-state index is 11.9. The van der Waals surface area contributed by atoms with E-state index in [1.165, 1.54) is 6.42 Å². The van der Waals surface area contributed by atoms with E-state index in [1.807, 2.05) is 25.7 Å².